The molecule has 0 saturated carbocycles. The molecular formula is C60H81F3N4O6S2Si. The van der Waals surface area contributed by atoms with Crippen molar-refractivity contribution < 1.29 is 41.3 Å². The molecule has 414 valence electrons. The monoisotopic (exact) mass is 1100 g/mol. The van der Waals surface area contributed by atoms with E-state index in [2.05, 4.69) is 108 Å². The molecule has 0 saturated heterocycles. The van der Waals surface area contributed by atoms with Crippen molar-refractivity contribution in [2.45, 2.75) is 169 Å². The molecule has 16 heteroatoms. The molecule has 0 N–H and O–H groups in total. The van der Waals surface area contributed by atoms with E-state index in [9.17, 15) is 23.7 Å². The second kappa shape index (κ2) is 30.5. The van der Waals surface area contributed by atoms with Gasteiger partial charge in [0, 0.05) is 31.0 Å². The molecule has 3 aromatic rings. The second-order valence-electron chi connectivity index (χ2n) is 20.4. The maximum absolute atomic E-state index is 14.8. The fourth-order valence-electron chi connectivity index (χ4n) is 7.69. The zero-order valence-corrected chi connectivity index (χ0v) is 49.5. The number of rotatable bonds is 32. The molecule has 1 aliphatic rings. The topological polar surface area (TPSA) is 111 Å². The zero-order chi connectivity index (χ0) is 55.9. The first-order chi connectivity index (χ1) is 36.3. The molecule has 1 atom stereocenters. The van der Waals surface area contributed by atoms with E-state index < -0.39 is 42.7 Å². The number of nitriles is 2. The molecule has 4 rings (SSSR count). The number of hydrogen-bond acceptors (Lipinski definition) is 11. The molecule has 76 heavy (non-hydrogen) atoms. The van der Waals surface area contributed by atoms with E-state index in [-0.39, 0.29) is 5.04 Å². The van der Waals surface area contributed by atoms with Gasteiger partial charge in [-0.25, -0.2) is 4.85 Å². The highest BCUT2D eigenvalue weighted by molar-refractivity contribution is 7.15. The van der Waals surface area contributed by atoms with E-state index in [1.165, 1.54) is 46.9 Å². The Morgan fingerprint density at radius 2 is 1.11 bits per heavy atom. The Morgan fingerprint density at radius 3 is 1.50 bits per heavy atom. The molecule has 0 bridgehead atoms. The highest BCUT2D eigenvalue weighted by atomic mass is 32.1. The van der Waals surface area contributed by atoms with Crippen molar-refractivity contribution in [3.8, 4) is 35.1 Å². The SMILES string of the molecule is [C-]#[N+]C1=C(C=Cc2sc(C=Cc3sc(C=Cc4ccc(N(CC)CCCCCCO[Si](C)(C)C(C)(C)C)cc4)c(OCCCC)c3OCCCC)c(OCCCC)c2OCCCC)C(C)(C(F)(F)F)OC1=C(C#N)C#N. The number of ether oxygens (including phenoxy) is 5. The number of unbranched alkanes of at least 4 members (excludes halogenated alkanes) is 7. The summed E-state index contributed by atoms with van der Waals surface area (Å²) in [6.45, 7) is 35.1. The van der Waals surface area contributed by atoms with Crippen LogP contribution in [0.2, 0.25) is 18.1 Å². The second-order valence-corrected chi connectivity index (χ2v) is 27.4. The summed E-state index contributed by atoms with van der Waals surface area (Å²) in [6.07, 6.45) is 17.0. The Bertz CT molecular complexity index is 2610. The highest BCUT2D eigenvalue weighted by Crippen LogP contribution is 2.52. The van der Waals surface area contributed by atoms with E-state index in [0.717, 1.165) is 106 Å². The van der Waals surface area contributed by atoms with Crippen molar-refractivity contribution in [3.63, 3.8) is 0 Å². The number of benzene rings is 1. The van der Waals surface area contributed by atoms with Gasteiger partial charge < -0.3 is 33.0 Å². The predicted molar refractivity (Wildman–Crippen MR) is 311 cm³/mol. The van der Waals surface area contributed by atoms with E-state index in [4.69, 9.17) is 34.7 Å². The van der Waals surface area contributed by atoms with Crippen LogP contribution >= 0.6 is 22.7 Å². The third-order valence-corrected chi connectivity index (χ3v) is 20.3. The molecule has 2 aromatic heterocycles. The average Bonchev–Trinajstić information content (AvgIpc) is 4.00. The van der Waals surface area contributed by atoms with Gasteiger partial charge in [-0.15, -0.1) is 22.7 Å². The molecule has 0 spiro atoms. The summed E-state index contributed by atoms with van der Waals surface area (Å²) in [6, 6.07) is 11.8. The number of thiophene rings is 2. The van der Waals surface area contributed by atoms with Crippen LogP contribution in [0.15, 0.2) is 52.9 Å². The fourth-order valence-corrected chi connectivity index (χ4v) is 10.8. The van der Waals surface area contributed by atoms with Gasteiger partial charge in [0.2, 0.25) is 11.3 Å². The first-order valence-corrected chi connectivity index (χ1v) is 31.6. The molecule has 1 aliphatic heterocycles. The summed E-state index contributed by atoms with van der Waals surface area (Å²) in [5.41, 5.74) is -2.60. The zero-order valence-electron chi connectivity index (χ0n) is 46.9. The van der Waals surface area contributed by atoms with Crippen LogP contribution in [-0.4, -0.2) is 66.2 Å². The van der Waals surface area contributed by atoms with Crippen LogP contribution in [0.5, 0.6) is 23.0 Å². The van der Waals surface area contributed by atoms with Crippen molar-refractivity contribution >= 4 is 67.1 Å². The number of anilines is 1. The van der Waals surface area contributed by atoms with E-state index in [0.29, 0.717) is 65.6 Å². The van der Waals surface area contributed by atoms with E-state index >= 15 is 0 Å². The molecular weight excluding hydrogens is 1020 g/mol. The summed E-state index contributed by atoms with van der Waals surface area (Å²) in [7, 11) is -1.71. The van der Waals surface area contributed by atoms with E-state index in [1.807, 2.05) is 19.1 Å². The van der Waals surface area contributed by atoms with Crippen LogP contribution in [0.25, 0.3) is 35.2 Å². The molecule has 0 radical (unpaired) electrons. The van der Waals surface area contributed by atoms with E-state index in [1.54, 1.807) is 12.1 Å². The van der Waals surface area contributed by atoms with Crippen molar-refractivity contribution in [1.29, 1.82) is 10.5 Å². The fraction of sp³-hybridized carbons (Fsp3) is 0.550. The summed E-state index contributed by atoms with van der Waals surface area (Å²) >= 11 is 2.80. The van der Waals surface area contributed by atoms with Gasteiger partial charge in [0.25, 0.3) is 0 Å². The minimum absolute atomic E-state index is 0.227. The van der Waals surface area contributed by atoms with Crippen molar-refractivity contribution in [1.82, 2.24) is 0 Å². The number of halogens is 3. The Hall–Kier alpha value is -5.44. The number of hydrogen-bond donors (Lipinski definition) is 0. The van der Waals surface area contributed by atoms with Gasteiger partial charge in [0.05, 0.1) is 52.5 Å². The van der Waals surface area contributed by atoms with Crippen molar-refractivity contribution in [2.75, 3.05) is 51.0 Å². The number of nitrogens with zero attached hydrogens (tertiary/aromatic N) is 4. The Morgan fingerprint density at radius 1 is 0.671 bits per heavy atom. The molecule has 1 aromatic carbocycles. The maximum Gasteiger partial charge on any atom is 0.430 e. The summed E-state index contributed by atoms with van der Waals surface area (Å²) in [4.78, 5) is 8.60. The molecule has 0 aliphatic carbocycles. The lowest BCUT2D eigenvalue weighted by molar-refractivity contribution is -0.236. The Balaban J connectivity index is 1.74. The van der Waals surface area contributed by atoms with Crippen molar-refractivity contribution in [2.24, 2.45) is 0 Å². The average molecular weight is 1100 g/mol. The minimum Gasteiger partial charge on any atom is -0.488 e. The van der Waals surface area contributed by atoms with Gasteiger partial charge in [-0.1, -0.05) is 111 Å². The first-order valence-electron chi connectivity index (χ1n) is 27.1. The maximum atomic E-state index is 14.8. The lowest BCUT2D eigenvalue weighted by atomic mass is 9.94. The summed E-state index contributed by atoms with van der Waals surface area (Å²) < 4.78 is 82.2. The molecule has 0 amide bonds. The van der Waals surface area contributed by atoms with Gasteiger partial charge in [0.15, 0.2) is 42.6 Å². The van der Waals surface area contributed by atoms with Crippen LogP contribution in [0.4, 0.5) is 18.9 Å². The minimum atomic E-state index is -5.01. The summed E-state index contributed by atoms with van der Waals surface area (Å²) in [5.74, 6) is 1.41. The Labute approximate surface area is 461 Å². The van der Waals surface area contributed by atoms with Crippen LogP contribution in [0, 0.1) is 29.2 Å². The largest absolute Gasteiger partial charge is 0.488 e. The third kappa shape index (κ3) is 17.0. The molecule has 1 unspecified atom stereocenters. The van der Waals surface area contributed by atoms with Crippen LogP contribution in [-0.2, 0) is 9.16 Å². The molecule has 3 heterocycles. The first kappa shape index (κ1) is 63.1. The molecule has 10 nitrogen and oxygen atoms in total. The van der Waals surface area contributed by atoms with Gasteiger partial charge in [0.1, 0.15) is 12.1 Å². The standard InChI is InChI=1S/C60H81F3N4O6S2Si/c1-13-18-37-68-54-48(32-28-44-26-29-46(30-27-44)67(17-5)36-24-22-23-25-41-72-76(11,12)58(6,7)8)74-50(56(54)70-39-20-15-3)34-35-51-57(71-40-21-16-4)55(69-38-19-14-2)49(75-51)33-31-47-52(66-10)53(45(42-64)43-65)73-59(47,9)60(61,62)63/h26-35H,13-25,36-41H2,1-9,11-12H3. The normalized spacial score (nSPS) is 15.1. The smallest absolute Gasteiger partial charge is 0.430 e. The van der Waals surface area contributed by atoms with Gasteiger partial charge in [-0.2, -0.15) is 23.7 Å². The lowest BCUT2D eigenvalue weighted by Gasteiger charge is -2.36. The van der Waals surface area contributed by atoms with Crippen LogP contribution in [0.3, 0.4) is 0 Å². The van der Waals surface area contributed by atoms with Crippen LogP contribution in [0.1, 0.15) is 164 Å². The van der Waals surface area contributed by atoms with Gasteiger partial charge in [-0.05, 0) is 113 Å². The van der Waals surface area contributed by atoms with Gasteiger partial charge >= 0.3 is 6.18 Å². The van der Waals surface area contributed by atoms with Crippen LogP contribution < -0.4 is 23.8 Å². The quantitative estimate of drug-likeness (QED) is 0.0261. The lowest BCUT2D eigenvalue weighted by Crippen LogP contribution is -2.43. The molecule has 0 fully saturated rings. The summed E-state index contributed by atoms with van der Waals surface area (Å²) in [5, 5.41) is 19.4. The number of alkyl halides is 3. The van der Waals surface area contributed by atoms with Crippen molar-refractivity contribution in [3.05, 3.63) is 89.4 Å². The predicted octanol–water partition coefficient (Wildman–Crippen LogP) is 18.1. The Kier molecular flexibility index (Phi) is 25.3. The highest BCUT2D eigenvalue weighted by Gasteiger charge is 2.60. The third-order valence-electron chi connectivity index (χ3n) is 13.6. The number of allylic oxidation sites excluding steroid dienone is 1. The van der Waals surface area contributed by atoms with Gasteiger partial charge in [-0.3, -0.25) is 0 Å².